The van der Waals surface area contributed by atoms with Gasteiger partial charge >= 0.3 is 12.1 Å². The number of hydrogen-bond donors (Lipinski definition) is 3. The van der Waals surface area contributed by atoms with Gasteiger partial charge in [0.1, 0.15) is 12.2 Å². The number of hydrogen-bond acceptors (Lipinski definition) is 4. The van der Waals surface area contributed by atoms with Crippen molar-refractivity contribution >= 4 is 5.97 Å². The average molecular weight is 218 g/mol. The molecule has 3 N–H and O–H groups in total. The van der Waals surface area contributed by atoms with Gasteiger partial charge in [0.05, 0.1) is 13.2 Å². The molecule has 0 aliphatic carbocycles. The average Bonchev–Trinajstić information content (AvgIpc) is 2.35. The molecule has 1 saturated heterocycles. The van der Waals surface area contributed by atoms with Crippen molar-refractivity contribution in [1.29, 1.82) is 0 Å². The molecule has 2 atom stereocenters. The van der Waals surface area contributed by atoms with Crippen molar-refractivity contribution in [2.75, 3.05) is 13.2 Å². The van der Waals surface area contributed by atoms with Crippen LogP contribution in [0, 0.1) is 0 Å². The number of carboxylic acids is 1. The van der Waals surface area contributed by atoms with E-state index < -0.39 is 24.4 Å². The first-order chi connectivity index (χ1) is 6.25. The van der Waals surface area contributed by atoms with E-state index in [1.165, 1.54) is 0 Å². The van der Waals surface area contributed by atoms with Crippen LogP contribution in [-0.2, 0) is 9.53 Å². The second-order valence-corrected chi connectivity index (χ2v) is 2.48. The standard InChI is InChI=1S/C4H8O3.C2HF3O2/c5-3-1-7-2-4(3)6;3-2(4,5)1(6)7/h3-6H,1-2H2;(H,6,7). The Morgan fingerprint density at radius 2 is 1.50 bits per heavy atom. The number of rotatable bonds is 0. The molecular weight excluding hydrogens is 209 g/mol. The predicted molar refractivity (Wildman–Crippen MR) is 36.5 cm³/mol. The fourth-order valence-corrected chi connectivity index (χ4v) is 0.532. The lowest BCUT2D eigenvalue weighted by Gasteiger charge is -2.00. The Balaban J connectivity index is 0.000000241. The van der Waals surface area contributed by atoms with E-state index in [4.69, 9.17) is 20.1 Å². The first-order valence-corrected chi connectivity index (χ1v) is 3.49. The second-order valence-electron chi connectivity index (χ2n) is 2.48. The Morgan fingerprint density at radius 3 is 1.57 bits per heavy atom. The molecule has 0 aromatic carbocycles. The lowest BCUT2D eigenvalue weighted by Crippen LogP contribution is -2.22. The summed E-state index contributed by atoms with van der Waals surface area (Å²) in [5.74, 6) is -2.76. The molecule has 1 aliphatic heterocycles. The van der Waals surface area contributed by atoms with E-state index in [1.54, 1.807) is 0 Å². The van der Waals surface area contributed by atoms with Crippen LogP contribution in [0.5, 0.6) is 0 Å². The first kappa shape index (κ1) is 13.1. The summed E-state index contributed by atoms with van der Waals surface area (Å²) in [5.41, 5.74) is 0. The van der Waals surface area contributed by atoms with E-state index >= 15 is 0 Å². The Bertz CT molecular complexity index is 184. The van der Waals surface area contributed by atoms with E-state index in [0.29, 0.717) is 0 Å². The summed E-state index contributed by atoms with van der Waals surface area (Å²) in [5, 5.41) is 24.4. The van der Waals surface area contributed by atoms with E-state index in [2.05, 4.69) is 4.74 Å². The van der Waals surface area contributed by atoms with Crippen molar-refractivity contribution in [3.63, 3.8) is 0 Å². The minimum absolute atomic E-state index is 0.279. The van der Waals surface area contributed by atoms with Gasteiger partial charge in [-0.2, -0.15) is 13.2 Å². The van der Waals surface area contributed by atoms with Crippen LogP contribution in [0.4, 0.5) is 13.2 Å². The van der Waals surface area contributed by atoms with Gasteiger partial charge in [-0.05, 0) is 0 Å². The van der Waals surface area contributed by atoms with Crippen LogP contribution in [0.15, 0.2) is 0 Å². The zero-order valence-electron chi connectivity index (χ0n) is 6.86. The third-order valence-electron chi connectivity index (χ3n) is 1.26. The van der Waals surface area contributed by atoms with Crippen LogP contribution in [0.1, 0.15) is 0 Å². The Hall–Kier alpha value is -0.860. The van der Waals surface area contributed by atoms with Crippen molar-refractivity contribution in [2.45, 2.75) is 18.4 Å². The number of aliphatic hydroxyl groups excluding tert-OH is 2. The molecule has 0 radical (unpaired) electrons. The summed E-state index contributed by atoms with van der Waals surface area (Å²) >= 11 is 0. The maximum atomic E-state index is 10.6. The highest BCUT2D eigenvalue weighted by atomic mass is 19.4. The summed E-state index contributed by atoms with van der Waals surface area (Å²) in [6.07, 6.45) is -6.39. The number of alkyl halides is 3. The molecule has 1 rings (SSSR count). The summed E-state index contributed by atoms with van der Waals surface area (Å²) in [6, 6.07) is 0. The van der Waals surface area contributed by atoms with Crippen LogP contribution in [0.3, 0.4) is 0 Å². The van der Waals surface area contributed by atoms with Crippen LogP contribution in [0.25, 0.3) is 0 Å². The molecule has 0 amide bonds. The molecule has 8 heteroatoms. The van der Waals surface area contributed by atoms with Gasteiger partial charge < -0.3 is 20.1 Å². The second kappa shape index (κ2) is 5.13. The molecule has 1 fully saturated rings. The number of aliphatic hydroxyl groups is 2. The number of carboxylic acid groups (broad SMARTS) is 1. The van der Waals surface area contributed by atoms with Gasteiger partial charge in [-0.3, -0.25) is 0 Å². The third-order valence-corrected chi connectivity index (χ3v) is 1.26. The maximum absolute atomic E-state index is 10.6. The SMILES string of the molecule is O=C(O)C(F)(F)F.OC1COCC1O. The van der Waals surface area contributed by atoms with Crippen LogP contribution < -0.4 is 0 Å². The molecule has 84 valence electrons. The smallest absolute Gasteiger partial charge is 0.475 e. The number of halogens is 3. The molecule has 0 saturated carbocycles. The highest BCUT2D eigenvalue weighted by Gasteiger charge is 2.38. The van der Waals surface area contributed by atoms with Crippen molar-refractivity contribution in [2.24, 2.45) is 0 Å². The molecule has 2 unspecified atom stereocenters. The van der Waals surface area contributed by atoms with Gasteiger partial charge in [0, 0.05) is 0 Å². The summed E-state index contributed by atoms with van der Waals surface area (Å²) in [7, 11) is 0. The maximum Gasteiger partial charge on any atom is 0.490 e. The Labute approximate surface area is 76.7 Å². The number of carbonyl (C=O) groups is 1. The molecular formula is C6H9F3O5. The van der Waals surface area contributed by atoms with E-state index in [9.17, 15) is 13.2 Å². The van der Waals surface area contributed by atoms with Gasteiger partial charge in [-0.15, -0.1) is 0 Å². The number of ether oxygens (including phenoxy) is 1. The summed E-state index contributed by atoms with van der Waals surface area (Å²) in [6.45, 7) is 0.558. The summed E-state index contributed by atoms with van der Waals surface area (Å²) in [4.78, 5) is 8.90. The molecule has 0 spiro atoms. The zero-order chi connectivity index (χ0) is 11.4. The van der Waals surface area contributed by atoms with Gasteiger partial charge in [0.25, 0.3) is 0 Å². The van der Waals surface area contributed by atoms with E-state index in [1.807, 2.05) is 0 Å². The van der Waals surface area contributed by atoms with Gasteiger partial charge in [-0.25, -0.2) is 4.79 Å². The lowest BCUT2D eigenvalue weighted by molar-refractivity contribution is -0.192. The third kappa shape index (κ3) is 5.00. The van der Waals surface area contributed by atoms with Gasteiger partial charge in [0.15, 0.2) is 0 Å². The predicted octanol–water partition coefficient (Wildman–Crippen LogP) is -0.628. The topological polar surface area (TPSA) is 87.0 Å². The minimum atomic E-state index is -5.08. The molecule has 5 nitrogen and oxygen atoms in total. The monoisotopic (exact) mass is 218 g/mol. The number of aliphatic carboxylic acids is 1. The Kier molecular flexibility index (Phi) is 4.81. The molecule has 1 aliphatic rings. The zero-order valence-corrected chi connectivity index (χ0v) is 6.86. The Morgan fingerprint density at radius 1 is 1.21 bits per heavy atom. The molecule has 14 heavy (non-hydrogen) atoms. The molecule has 1 heterocycles. The van der Waals surface area contributed by atoms with Crippen molar-refractivity contribution in [1.82, 2.24) is 0 Å². The summed E-state index contributed by atoms with van der Waals surface area (Å²) < 4.78 is 36.4. The fourth-order valence-electron chi connectivity index (χ4n) is 0.532. The quantitative estimate of drug-likeness (QED) is 0.504. The minimum Gasteiger partial charge on any atom is -0.475 e. The fraction of sp³-hybridized carbons (Fsp3) is 0.833. The van der Waals surface area contributed by atoms with Crippen molar-refractivity contribution < 1.29 is 38.0 Å². The van der Waals surface area contributed by atoms with Crippen LogP contribution in [-0.4, -0.2) is 52.9 Å². The van der Waals surface area contributed by atoms with Crippen molar-refractivity contribution in [3.05, 3.63) is 0 Å². The van der Waals surface area contributed by atoms with E-state index in [0.717, 1.165) is 0 Å². The highest BCUT2D eigenvalue weighted by Crippen LogP contribution is 2.13. The van der Waals surface area contributed by atoms with Crippen LogP contribution >= 0.6 is 0 Å². The van der Waals surface area contributed by atoms with Gasteiger partial charge in [0.2, 0.25) is 0 Å². The normalized spacial score (nSPS) is 26.6. The van der Waals surface area contributed by atoms with Crippen molar-refractivity contribution in [3.8, 4) is 0 Å². The van der Waals surface area contributed by atoms with Gasteiger partial charge in [-0.1, -0.05) is 0 Å². The molecule has 0 aromatic heterocycles. The van der Waals surface area contributed by atoms with E-state index in [-0.39, 0.29) is 13.2 Å². The lowest BCUT2D eigenvalue weighted by atomic mass is 10.3. The largest absolute Gasteiger partial charge is 0.490 e. The highest BCUT2D eigenvalue weighted by molar-refractivity contribution is 5.73. The van der Waals surface area contributed by atoms with Crippen LogP contribution in [0.2, 0.25) is 0 Å². The molecule has 0 bridgehead atoms. The first-order valence-electron chi connectivity index (χ1n) is 3.49. The molecule has 0 aromatic rings.